The second-order valence-electron chi connectivity index (χ2n) is 7.45. The third kappa shape index (κ3) is 5.12. The van der Waals surface area contributed by atoms with Crippen molar-refractivity contribution >= 4 is 11.7 Å². The van der Waals surface area contributed by atoms with Gasteiger partial charge < -0.3 is 10.2 Å². The van der Waals surface area contributed by atoms with Crippen molar-refractivity contribution in [3.05, 3.63) is 23.9 Å². The first-order valence-corrected chi connectivity index (χ1v) is 9.67. The molecule has 1 aromatic rings. The molecule has 3 rings (SSSR count). The van der Waals surface area contributed by atoms with Crippen molar-refractivity contribution in [1.82, 2.24) is 15.2 Å². The number of piperazine rings is 1. The lowest BCUT2D eigenvalue weighted by molar-refractivity contribution is -0.137. The highest BCUT2D eigenvalue weighted by Gasteiger charge is 2.31. The van der Waals surface area contributed by atoms with E-state index in [4.69, 9.17) is 0 Å². The lowest BCUT2D eigenvalue weighted by atomic mass is 9.95. The molecule has 8 heteroatoms. The van der Waals surface area contributed by atoms with Crippen LogP contribution in [-0.2, 0) is 11.0 Å². The van der Waals surface area contributed by atoms with Crippen molar-refractivity contribution in [3.8, 4) is 0 Å². The number of aromatic nitrogens is 1. The molecule has 0 spiro atoms. The number of anilines is 1. The molecule has 2 heterocycles. The van der Waals surface area contributed by atoms with Gasteiger partial charge in [-0.1, -0.05) is 19.3 Å². The van der Waals surface area contributed by atoms with Crippen LogP contribution in [-0.4, -0.2) is 54.1 Å². The molecule has 1 aliphatic carbocycles. The fourth-order valence-electron chi connectivity index (χ4n) is 3.81. The van der Waals surface area contributed by atoms with Gasteiger partial charge >= 0.3 is 6.18 Å². The Bertz CT molecular complexity index is 621. The molecular weight excluding hydrogens is 357 g/mol. The maximum absolute atomic E-state index is 12.6. The summed E-state index contributed by atoms with van der Waals surface area (Å²) in [7, 11) is 0. The van der Waals surface area contributed by atoms with Crippen LogP contribution in [0.1, 0.15) is 44.6 Å². The zero-order valence-corrected chi connectivity index (χ0v) is 15.6. The van der Waals surface area contributed by atoms with Gasteiger partial charge in [-0.25, -0.2) is 4.98 Å². The molecule has 2 fully saturated rings. The number of halogens is 3. The predicted molar refractivity (Wildman–Crippen MR) is 97.5 cm³/mol. The lowest BCUT2D eigenvalue weighted by Gasteiger charge is -2.38. The zero-order valence-electron chi connectivity index (χ0n) is 15.6. The molecule has 1 unspecified atom stereocenters. The van der Waals surface area contributed by atoms with E-state index in [-0.39, 0.29) is 11.9 Å². The minimum absolute atomic E-state index is 0.0722. The van der Waals surface area contributed by atoms with Gasteiger partial charge in [0.05, 0.1) is 11.6 Å². The van der Waals surface area contributed by atoms with E-state index < -0.39 is 11.7 Å². The van der Waals surface area contributed by atoms with Crippen LogP contribution < -0.4 is 10.2 Å². The molecule has 0 radical (unpaired) electrons. The number of carbonyl (C=O) groups is 1. The summed E-state index contributed by atoms with van der Waals surface area (Å²) in [4.78, 5) is 20.6. The number of nitrogens with one attached hydrogen (secondary N) is 1. The van der Waals surface area contributed by atoms with Gasteiger partial charge in [0, 0.05) is 38.4 Å². The Labute approximate surface area is 157 Å². The second-order valence-corrected chi connectivity index (χ2v) is 7.45. The Morgan fingerprint density at radius 1 is 1.15 bits per heavy atom. The summed E-state index contributed by atoms with van der Waals surface area (Å²) in [5.41, 5.74) is -0.738. The third-order valence-electron chi connectivity index (χ3n) is 5.59. The highest BCUT2D eigenvalue weighted by atomic mass is 19.4. The molecule has 1 saturated carbocycles. The number of carbonyl (C=O) groups excluding carboxylic acids is 1. The summed E-state index contributed by atoms with van der Waals surface area (Å²) in [5, 5.41) is 3.17. The SMILES string of the molecule is CC(C(=O)NC1CCCCC1)N1CCN(c2ccc(C(F)(F)F)cn2)CC1. The van der Waals surface area contributed by atoms with Gasteiger partial charge in [0.25, 0.3) is 0 Å². The highest BCUT2D eigenvalue weighted by molar-refractivity contribution is 5.81. The van der Waals surface area contributed by atoms with Crippen molar-refractivity contribution in [2.24, 2.45) is 0 Å². The Morgan fingerprint density at radius 2 is 1.81 bits per heavy atom. The van der Waals surface area contributed by atoms with Crippen molar-refractivity contribution in [2.45, 2.75) is 57.3 Å². The summed E-state index contributed by atoms with van der Waals surface area (Å²) in [5.74, 6) is 0.616. The second kappa shape index (κ2) is 8.46. The zero-order chi connectivity index (χ0) is 19.4. The van der Waals surface area contributed by atoms with E-state index in [1.54, 1.807) is 0 Å². The van der Waals surface area contributed by atoms with Crippen LogP contribution in [0.4, 0.5) is 19.0 Å². The van der Waals surface area contributed by atoms with Gasteiger partial charge in [-0.15, -0.1) is 0 Å². The Kier molecular flexibility index (Phi) is 6.24. The van der Waals surface area contributed by atoms with Crippen LogP contribution in [0.15, 0.2) is 18.3 Å². The van der Waals surface area contributed by atoms with Gasteiger partial charge in [0.1, 0.15) is 5.82 Å². The van der Waals surface area contributed by atoms with Gasteiger partial charge in [-0.2, -0.15) is 13.2 Å². The van der Waals surface area contributed by atoms with Crippen LogP contribution >= 0.6 is 0 Å². The molecule has 1 aliphatic heterocycles. The summed E-state index contributed by atoms with van der Waals surface area (Å²) < 4.78 is 37.9. The van der Waals surface area contributed by atoms with Crippen LogP contribution in [0.3, 0.4) is 0 Å². The molecule has 150 valence electrons. The van der Waals surface area contributed by atoms with Gasteiger partial charge in [-0.3, -0.25) is 9.69 Å². The highest BCUT2D eigenvalue weighted by Crippen LogP contribution is 2.29. The Balaban J connectivity index is 1.49. The van der Waals surface area contributed by atoms with E-state index in [9.17, 15) is 18.0 Å². The van der Waals surface area contributed by atoms with E-state index in [1.165, 1.54) is 25.3 Å². The smallest absolute Gasteiger partial charge is 0.354 e. The van der Waals surface area contributed by atoms with Crippen LogP contribution in [0, 0.1) is 0 Å². The number of pyridine rings is 1. The summed E-state index contributed by atoms with van der Waals surface area (Å²) >= 11 is 0. The number of alkyl halides is 3. The van der Waals surface area contributed by atoms with Crippen LogP contribution in [0.5, 0.6) is 0 Å². The van der Waals surface area contributed by atoms with Crippen molar-refractivity contribution < 1.29 is 18.0 Å². The minimum Gasteiger partial charge on any atom is -0.354 e. The standard InChI is InChI=1S/C19H27F3N4O/c1-14(18(27)24-16-5-3-2-4-6-16)25-9-11-26(12-10-25)17-8-7-15(13-23-17)19(20,21)22/h7-8,13-14,16H,2-6,9-12H2,1H3,(H,24,27). The molecular formula is C19H27F3N4O. The fourth-order valence-corrected chi connectivity index (χ4v) is 3.81. The maximum atomic E-state index is 12.6. The molecule has 5 nitrogen and oxygen atoms in total. The van der Waals surface area contributed by atoms with Gasteiger partial charge in [-0.05, 0) is 31.9 Å². The number of rotatable bonds is 4. The molecule has 1 saturated heterocycles. The largest absolute Gasteiger partial charge is 0.417 e. The molecule has 1 N–H and O–H groups in total. The number of nitrogens with zero attached hydrogens (tertiary/aromatic N) is 3. The summed E-state index contributed by atoms with van der Waals surface area (Å²) in [6.07, 6.45) is 2.24. The molecule has 1 atom stereocenters. The Morgan fingerprint density at radius 3 is 2.37 bits per heavy atom. The van der Waals surface area contributed by atoms with E-state index in [0.29, 0.717) is 38.0 Å². The topological polar surface area (TPSA) is 48.5 Å². The van der Waals surface area contributed by atoms with E-state index in [0.717, 1.165) is 25.1 Å². The summed E-state index contributed by atoms with van der Waals surface area (Å²) in [6.45, 7) is 4.56. The number of amides is 1. The van der Waals surface area contributed by atoms with Gasteiger partial charge in [0.2, 0.25) is 5.91 Å². The van der Waals surface area contributed by atoms with Crippen molar-refractivity contribution in [1.29, 1.82) is 0 Å². The normalized spacial score (nSPS) is 21.1. The Hall–Kier alpha value is -1.83. The van der Waals surface area contributed by atoms with Crippen molar-refractivity contribution in [2.75, 3.05) is 31.1 Å². The third-order valence-corrected chi connectivity index (χ3v) is 5.59. The average Bonchev–Trinajstić information content (AvgIpc) is 2.68. The first kappa shape index (κ1) is 19.9. The first-order valence-electron chi connectivity index (χ1n) is 9.67. The lowest BCUT2D eigenvalue weighted by Crippen LogP contribution is -2.55. The molecule has 27 heavy (non-hydrogen) atoms. The monoisotopic (exact) mass is 384 g/mol. The molecule has 2 aliphatic rings. The van der Waals surface area contributed by atoms with Crippen LogP contribution in [0.2, 0.25) is 0 Å². The molecule has 0 bridgehead atoms. The van der Waals surface area contributed by atoms with Gasteiger partial charge in [0.15, 0.2) is 0 Å². The predicted octanol–water partition coefficient (Wildman–Crippen LogP) is 3.06. The summed E-state index contributed by atoms with van der Waals surface area (Å²) in [6, 6.07) is 2.58. The molecule has 0 aromatic carbocycles. The van der Waals surface area contributed by atoms with E-state index >= 15 is 0 Å². The molecule has 1 aromatic heterocycles. The number of hydrogen-bond acceptors (Lipinski definition) is 4. The minimum atomic E-state index is -4.37. The molecule has 1 amide bonds. The van der Waals surface area contributed by atoms with E-state index in [2.05, 4.69) is 15.2 Å². The maximum Gasteiger partial charge on any atom is 0.417 e. The van der Waals surface area contributed by atoms with Crippen molar-refractivity contribution in [3.63, 3.8) is 0 Å². The van der Waals surface area contributed by atoms with E-state index in [1.807, 2.05) is 11.8 Å². The first-order chi connectivity index (χ1) is 12.8. The quantitative estimate of drug-likeness (QED) is 0.867. The number of hydrogen-bond donors (Lipinski definition) is 1. The fraction of sp³-hybridized carbons (Fsp3) is 0.684. The average molecular weight is 384 g/mol. The van der Waals surface area contributed by atoms with Crippen LogP contribution in [0.25, 0.3) is 0 Å².